The zero-order valence-electron chi connectivity index (χ0n) is 15.9. The molecule has 5 nitrogen and oxygen atoms in total. The molecule has 0 amide bonds. The monoisotopic (exact) mass is 367 g/mol. The number of nitrogens with zero attached hydrogens (tertiary/aromatic N) is 1. The van der Waals surface area contributed by atoms with E-state index in [2.05, 4.69) is 36.1 Å². The zero-order chi connectivity index (χ0) is 18.4. The molecule has 1 fully saturated rings. The van der Waals surface area contributed by atoms with Gasteiger partial charge in [-0.3, -0.25) is 4.90 Å². The summed E-state index contributed by atoms with van der Waals surface area (Å²) in [6.45, 7) is 4.66. The Kier molecular flexibility index (Phi) is 3.93. The summed E-state index contributed by atoms with van der Waals surface area (Å²) in [5.41, 5.74) is 2.07. The molecule has 142 valence electrons. The SMILES string of the molecule is COc1cccc(C2CC(C)(N3CCCC3)Oc3cc4c(cc32)OCO4)c1. The zero-order valence-corrected chi connectivity index (χ0v) is 15.9. The van der Waals surface area contributed by atoms with Crippen molar-refractivity contribution in [3.05, 3.63) is 47.5 Å². The molecule has 0 aliphatic carbocycles. The number of hydrogen-bond acceptors (Lipinski definition) is 5. The molecule has 0 aromatic heterocycles. The van der Waals surface area contributed by atoms with Gasteiger partial charge in [0, 0.05) is 37.1 Å². The van der Waals surface area contributed by atoms with Gasteiger partial charge >= 0.3 is 0 Å². The maximum atomic E-state index is 6.60. The third-order valence-electron chi connectivity index (χ3n) is 6.06. The number of methoxy groups -OCH3 is 1. The highest BCUT2D eigenvalue weighted by Crippen LogP contribution is 2.50. The van der Waals surface area contributed by atoms with Crippen molar-refractivity contribution in [1.29, 1.82) is 0 Å². The summed E-state index contributed by atoms with van der Waals surface area (Å²) in [7, 11) is 1.71. The summed E-state index contributed by atoms with van der Waals surface area (Å²) in [5, 5.41) is 0. The molecule has 0 saturated carbocycles. The first-order valence-electron chi connectivity index (χ1n) is 9.68. The Morgan fingerprint density at radius 3 is 2.59 bits per heavy atom. The second-order valence-electron chi connectivity index (χ2n) is 7.75. The molecule has 2 aromatic carbocycles. The molecule has 2 aromatic rings. The normalized spacial score (nSPS) is 26.5. The van der Waals surface area contributed by atoms with E-state index in [-0.39, 0.29) is 18.4 Å². The van der Waals surface area contributed by atoms with Crippen LogP contribution in [0.2, 0.25) is 0 Å². The molecule has 0 N–H and O–H groups in total. The van der Waals surface area contributed by atoms with E-state index < -0.39 is 0 Å². The molecular weight excluding hydrogens is 342 g/mol. The van der Waals surface area contributed by atoms with E-state index in [0.717, 1.165) is 48.1 Å². The topological polar surface area (TPSA) is 40.2 Å². The molecule has 3 heterocycles. The van der Waals surface area contributed by atoms with Crippen LogP contribution in [0.4, 0.5) is 0 Å². The van der Waals surface area contributed by atoms with E-state index in [0.29, 0.717) is 0 Å². The van der Waals surface area contributed by atoms with E-state index >= 15 is 0 Å². The molecule has 3 aliphatic rings. The minimum absolute atomic E-state index is 0.212. The Hall–Kier alpha value is -2.40. The molecule has 5 rings (SSSR count). The van der Waals surface area contributed by atoms with E-state index in [1.165, 1.54) is 18.4 Å². The first-order valence-corrected chi connectivity index (χ1v) is 9.68. The van der Waals surface area contributed by atoms with Gasteiger partial charge in [0.1, 0.15) is 11.5 Å². The van der Waals surface area contributed by atoms with E-state index in [1.54, 1.807) is 7.11 Å². The van der Waals surface area contributed by atoms with Gasteiger partial charge in [-0.15, -0.1) is 0 Å². The molecule has 27 heavy (non-hydrogen) atoms. The average molecular weight is 367 g/mol. The second-order valence-corrected chi connectivity index (χ2v) is 7.75. The van der Waals surface area contributed by atoms with Crippen molar-refractivity contribution in [2.75, 3.05) is 27.0 Å². The maximum Gasteiger partial charge on any atom is 0.231 e. The number of ether oxygens (including phenoxy) is 4. The highest BCUT2D eigenvalue weighted by Gasteiger charge is 2.44. The number of benzene rings is 2. The Balaban J connectivity index is 1.62. The Morgan fingerprint density at radius 2 is 1.81 bits per heavy atom. The average Bonchev–Trinajstić information content (AvgIpc) is 3.37. The lowest BCUT2D eigenvalue weighted by molar-refractivity contribution is -0.0768. The maximum absolute atomic E-state index is 6.60. The van der Waals surface area contributed by atoms with Crippen LogP contribution in [-0.2, 0) is 0 Å². The van der Waals surface area contributed by atoms with Crippen LogP contribution in [0.25, 0.3) is 0 Å². The van der Waals surface area contributed by atoms with Gasteiger partial charge in [-0.25, -0.2) is 0 Å². The van der Waals surface area contributed by atoms with Crippen LogP contribution in [0.1, 0.15) is 43.2 Å². The van der Waals surface area contributed by atoms with Crippen molar-refractivity contribution in [1.82, 2.24) is 4.90 Å². The summed E-state index contributed by atoms with van der Waals surface area (Å²) in [6.07, 6.45) is 3.36. The standard InChI is InChI=1S/C22H25NO4/c1-22(23-8-3-4-9-23)13-18(15-6-5-7-16(10-15)24-2)17-11-20-21(26-14-25-20)12-19(17)27-22/h5-7,10-12,18H,3-4,8-9,13-14H2,1-2H3. The fraction of sp³-hybridized carbons (Fsp3) is 0.455. The lowest BCUT2D eigenvalue weighted by Crippen LogP contribution is -2.52. The number of likely N-dealkylation sites (tertiary alicyclic amines) is 1. The van der Waals surface area contributed by atoms with Crippen molar-refractivity contribution in [3.8, 4) is 23.0 Å². The van der Waals surface area contributed by atoms with Crippen molar-refractivity contribution in [2.24, 2.45) is 0 Å². The summed E-state index contributed by atoms with van der Waals surface area (Å²) in [5.74, 6) is 3.56. The summed E-state index contributed by atoms with van der Waals surface area (Å²) in [6, 6.07) is 12.4. The van der Waals surface area contributed by atoms with Gasteiger partial charge in [0.15, 0.2) is 17.2 Å². The van der Waals surface area contributed by atoms with Crippen LogP contribution in [-0.4, -0.2) is 37.6 Å². The smallest absolute Gasteiger partial charge is 0.231 e. The molecule has 0 radical (unpaired) electrons. The van der Waals surface area contributed by atoms with Crippen molar-refractivity contribution < 1.29 is 18.9 Å². The Morgan fingerprint density at radius 1 is 1.04 bits per heavy atom. The highest BCUT2D eigenvalue weighted by molar-refractivity contribution is 5.56. The van der Waals surface area contributed by atoms with Crippen LogP contribution in [0, 0.1) is 0 Å². The molecule has 3 aliphatic heterocycles. The number of rotatable bonds is 3. The molecule has 0 bridgehead atoms. The van der Waals surface area contributed by atoms with Crippen molar-refractivity contribution >= 4 is 0 Å². The second kappa shape index (κ2) is 6.34. The van der Waals surface area contributed by atoms with Gasteiger partial charge in [0.2, 0.25) is 6.79 Å². The minimum Gasteiger partial charge on any atom is -0.497 e. The molecule has 0 spiro atoms. The van der Waals surface area contributed by atoms with Gasteiger partial charge in [-0.05, 0) is 43.5 Å². The highest BCUT2D eigenvalue weighted by atomic mass is 16.7. The summed E-state index contributed by atoms with van der Waals surface area (Å²) in [4.78, 5) is 2.48. The van der Waals surface area contributed by atoms with Crippen LogP contribution in [0.15, 0.2) is 36.4 Å². The fourth-order valence-corrected chi connectivity index (χ4v) is 4.61. The first-order chi connectivity index (χ1) is 13.2. The van der Waals surface area contributed by atoms with Gasteiger partial charge in [0.25, 0.3) is 0 Å². The first kappa shape index (κ1) is 16.8. The van der Waals surface area contributed by atoms with Gasteiger partial charge in [-0.1, -0.05) is 12.1 Å². The predicted octanol–water partition coefficient (Wildman–Crippen LogP) is 4.15. The molecular formula is C22H25NO4. The minimum atomic E-state index is -0.328. The van der Waals surface area contributed by atoms with E-state index in [1.807, 2.05) is 12.1 Å². The summed E-state index contributed by atoms with van der Waals surface area (Å²) >= 11 is 0. The molecule has 2 unspecified atom stereocenters. The summed E-state index contributed by atoms with van der Waals surface area (Å²) < 4.78 is 23.3. The lowest BCUT2D eigenvalue weighted by Gasteiger charge is -2.45. The third kappa shape index (κ3) is 2.81. The van der Waals surface area contributed by atoms with Crippen LogP contribution < -0.4 is 18.9 Å². The van der Waals surface area contributed by atoms with Gasteiger partial charge in [-0.2, -0.15) is 0 Å². The van der Waals surface area contributed by atoms with Crippen LogP contribution in [0.5, 0.6) is 23.0 Å². The predicted molar refractivity (Wildman–Crippen MR) is 102 cm³/mol. The van der Waals surface area contributed by atoms with Crippen LogP contribution in [0.3, 0.4) is 0 Å². The van der Waals surface area contributed by atoms with Gasteiger partial charge < -0.3 is 18.9 Å². The number of fused-ring (bicyclic) bond motifs is 2. The lowest BCUT2D eigenvalue weighted by atomic mass is 9.81. The molecule has 1 saturated heterocycles. The quantitative estimate of drug-likeness (QED) is 0.815. The molecule has 5 heteroatoms. The van der Waals surface area contributed by atoms with Crippen LogP contribution >= 0.6 is 0 Å². The fourth-order valence-electron chi connectivity index (χ4n) is 4.61. The Bertz CT molecular complexity index is 861. The Labute approximate surface area is 159 Å². The van der Waals surface area contributed by atoms with E-state index in [4.69, 9.17) is 18.9 Å². The van der Waals surface area contributed by atoms with Gasteiger partial charge in [0.05, 0.1) is 7.11 Å². The van der Waals surface area contributed by atoms with Crippen molar-refractivity contribution in [3.63, 3.8) is 0 Å². The number of hydrogen-bond donors (Lipinski definition) is 0. The third-order valence-corrected chi connectivity index (χ3v) is 6.06. The van der Waals surface area contributed by atoms with E-state index in [9.17, 15) is 0 Å². The van der Waals surface area contributed by atoms with Crippen molar-refractivity contribution in [2.45, 2.75) is 37.8 Å². The largest absolute Gasteiger partial charge is 0.497 e. The molecule has 2 atom stereocenters.